The third-order valence-corrected chi connectivity index (χ3v) is 6.40. The number of piperidine rings is 1. The fourth-order valence-electron chi connectivity index (χ4n) is 3.22. The number of hydrogen-bond donors (Lipinski definition) is 0. The fourth-order valence-corrected chi connectivity index (χ4v) is 5.15. The molecule has 0 radical (unpaired) electrons. The van der Waals surface area contributed by atoms with Crippen molar-refractivity contribution in [2.45, 2.75) is 64.3 Å². The lowest BCUT2D eigenvalue weighted by atomic mass is 9.95. The van der Waals surface area contributed by atoms with Gasteiger partial charge in [0.1, 0.15) is 0 Å². The molecule has 1 aliphatic carbocycles. The normalized spacial score (nSPS) is 24.6. The first kappa shape index (κ1) is 14.3. The van der Waals surface area contributed by atoms with Crippen LogP contribution in [0.3, 0.4) is 0 Å². The van der Waals surface area contributed by atoms with Gasteiger partial charge in [0.15, 0.2) is 0 Å². The molecular formula is C13H26N2O2S. The second-order valence-electron chi connectivity index (χ2n) is 5.46. The predicted octanol–water partition coefficient (Wildman–Crippen LogP) is 2.37. The lowest BCUT2D eigenvalue weighted by Gasteiger charge is -2.37. The Labute approximate surface area is 112 Å². The van der Waals surface area contributed by atoms with Crippen LogP contribution < -0.4 is 0 Å². The molecule has 0 N–H and O–H groups in total. The minimum absolute atomic E-state index is 0.246. The highest BCUT2D eigenvalue weighted by Gasteiger charge is 2.34. The third-order valence-electron chi connectivity index (χ3n) is 4.23. The maximum absolute atomic E-state index is 12.7. The van der Waals surface area contributed by atoms with Crippen LogP contribution in [0.5, 0.6) is 0 Å². The molecule has 0 amide bonds. The zero-order chi connectivity index (χ0) is 13.0. The minimum Gasteiger partial charge on any atom is -0.195 e. The molecule has 1 heterocycles. The van der Waals surface area contributed by atoms with Gasteiger partial charge in [-0.2, -0.15) is 17.0 Å². The Morgan fingerprint density at radius 2 is 1.56 bits per heavy atom. The molecule has 106 valence electrons. The second kappa shape index (κ2) is 6.35. The Hall–Kier alpha value is -0.130. The van der Waals surface area contributed by atoms with Crippen molar-refractivity contribution < 1.29 is 8.42 Å². The van der Waals surface area contributed by atoms with Crippen LogP contribution in [0, 0.1) is 0 Å². The molecule has 2 aliphatic rings. The molecule has 0 aromatic heterocycles. The Bertz CT molecular complexity index is 344. The molecule has 2 rings (SSSR count). The number of nitrogens with zero attached hydrogens (tertiary/aromatic N) is 2. The first-order chi connectivity index (χ1) is 8.66. The van der Waals surface area contributed by atoms with Crippen LogP contribution in [-0.2, 0) is 10.2 Å². The Morgan fingerprint density at radius 3 is 2.11 bits per heavy atom. The lowest BCUT2D eigenvalue weighted by Crippen LogP contribution is -2.50. The van der Waals surface area contributed by atoms with E-state index in [0.717, 1.165) is 25.7 Å². The van der Waals surface area contributed by atoms with Crippen LogP contribution in [0.25, 0.3) is 0 Å². The molecule has 0 aromatic carbocycles. The zero-order valence-corrected chi connectivity index (χ0v) is 12.3. The van der Waals surface area contributed by atoms with Crippen molar-refractivity contribution in [1.29, 1.82) is 0 Å². The SMILES string of the molecule is CCN(C1CCCCC1)S(=O)(=O)N1CCCCC1. The standard InChI is InChI=1S/C13H26N2O2S/c1-2-15(13-9-5-3-6-10-13)18(16,17)14-11-7-4-8-12-14/h13H,2-12H2,1H3. The van der Waals surface area contributed by atoms with Crippen molar-refractivity contribution in [2.24, 2.45) is 0 Å². The first-order valence-electron chi connectivity index (χ1n) is 7.43. The van der Waals surface area contributed by atoms with Gasteiger partial charge in [0, 0.05) is 25.7 Å². The summed E-state index contributed by atoms with van der Waals surface area (Å²) in [5.41, 5.74) is 0. The van der Waals surface area contributed by atoms with E-state index in [2.05, 4.69) is 0 Å². The van der Waals surface area contributed by atoms with E-state index in [-0.39, 0.29) is 6.04 Å². The summed E-state index contributed by atoms with van der Waals surface area (Å²) in [7, 11) is -3.21. The first-order valence-corrected chi connectivity index (χ1v) is 8.83. The average Bonchev–Trinajstić information content (AvgIpc) is 2.41. The fraction of sp³-hybridized carbons (Fsp3) is 1.00. The number of hydrogen-bond acceptors (Lipinski definition) is 2. The van der Waals surface area contributed by atoms with E-state index >= 15 is 0 Å². The van der Waals surface area contributed by atoms with Crippen molar-refractivity contribution in [3.63, 3.8) is 0 Å². The van der Waals surface area contributed by atoms with Crippen molar-refractivity contribution in [3.8, 4) is 0 Å². The summed E-state index contributed by atoms with van der Waals surface area (Å²) in [5.74, 6) is 0. The molecule has 0 unspecified atom stereocenters. The van der Waals surface area contributed by atoms with Gasteiger partial charge in [0.25, 0.3) is 10.2 Å². The molecule has 1 aliphatic heterocycles. The smallest absolute Gasteiger partial charge is 0.195 e. The van der Waals surface area contributed by atoms with E-state index in [1.165, 1.54) is 25.7 Å². The highest BCUT2D eigenvalue weighted by molar-refractivity contribution is 7.86. The Morgan fingerprint density at radius 1 is 1.00 bits per heavy atom. The monoisotopic (exact) mass is 274 g/mol. The summed E-state index contributed by atoms with van der Waals surface area (Å²) in [6.45, 7) is 4.01. The molecule has 0 bridgehead atoms. The quantitative estimate of drug-likeness (QED) is 0.789. The lowest BCUT2D eigenvalue weighted by molar-refractivity contribution is 0.232. The summed E-state index contributed by atoms with van der Waals surface area (Å²) < 4.78 is 28.8. The van der Waals surface area contributed by atoms with Crippen molar-refractivity contribution in [2.75, 3.05) is 19.6 Å². The summed E-state index contributed by atoms with van der Waals surface area (Å²) in [6.07, 6.45) is 8.90. The summed E-state index contributed by atoms with van der Waals surface area (Å²) in [4.78, 5) is 0. The molecule has 0 spiro atoms. The molecule has 0 aromatic rings. The van der Waals surface area contributed by atoms with Gasteiger partial charge in [-0.05, 0) is 25.7 Å². The Kier molecular flexibility index (Phi) is 5.04. The van der Waals surface area contributed by atoms with Crippen LogP contribution in [0.2, 0.25) is 0 Å². The van der Waals surface area contributed by atoms with Gasteiger partial charge in [0.2, 0.25) is 0 Å². The van der Waals surface area contributed by atoms with Gasteiger partial charge in [-0.25, -0.2) is 0 Å². The van der Waals surface area contributed by atoms with Crippen LogP contribution in [0.15, 0.2) is 0 Å². The molecule has 1 saturated heterocycles. The molecule has 5 heteroatoms. The van der Waals surface area contributed by atoms with Gasteiger partial charge in [0.05, 0.1) is 0 Å². The van der Waals surface area contributed by atoms with E-state index in [4.69, 9.17) is 0 Å². The molecule has 18 heavy (non-hydrogen) atoms. The van der Waals surface area contributed by atoms with Crippen molar-refractivity contribution in [1.82, 2.24) is 8.61 Å². The van der Waals surface area contributed by atoms with E-state index in [1.807, 2.05) is 6.92 Å². The van der Waals surface area contributed by atoms with Gasteiger partial charge in [-0.3, -0.25) is 0 Å². The third kappa shape index (κ3) is 3.06. The van der Waals surface area contributed by atoms with Crippen LogP contribution in [-0.4, -0.2) is 42.7 Å². The minimum atomic E-state index is -3.21. The molecule has 1 saturated carbocycles. The highest BCUT2D eigenvalue weighted by Crippen LogP contribution is 2.26. The largest absolute Gasteiger partial charge is 0.282 e. The summed E-state index contributed by atoms with van der Waals surface area (Å²) in [5, 5.41) is 0. The van der Waals surface area contributed by atoms with Crippen LogP contribution >= 0.6 is 0 Å². The van der Waals surface area contributed by atoms with Crippen molar-refractivity contribution in [3.05, 3.63) is 0 Å². The van der Waals surface area contributed by atoms with E-state index in [0.29, 0.717) is 19.6 Å². The van der Waals surface area contributed by atoms with Crippen molar-refractivity contribution >= 4 is 10.2 Å². The molecule has 2 fully saturated rings. The molecule has 4 nitrogen and oxygen atoms in total. The summed E-state index contributed by atoms with van der Waals surface area (Å²) >= 11 is 0. The highest BCUT2D eigenvalue weighted by atomic mass is 32.2. The van der Waals surface area contributed by atoms with Gasteiger partial charge >= 0.3 is 0 Å². The molecular weight excluding hydrogens is 248 g/mol. The predicted molar refractivity (Wildman–Crippen MR) is 73.6 cm³/mol. The van der Waals surface area contributed by atoms with Crippen LogP contribution in [0.4, 0.5) is 0 Å². The maximum Gasteiger partial charge on any atom is 0.282 e. The zero-order valence-electron chi connectivity index (χ0n) is 11.5. The van der Waals surface area contributed by atoms with Gasteiger partial charge < -0.3 is 0 Å². The van der Waals surface area contributed by atoms with Crippen LogP contribution in [0.1, 0.15) is 58.3 Å². The molecule has 0 atom stereocenters. The topological polar surface area (TPSA) is 40.6 Å². The van der Waals surface area contributed by atoms with E-state index in [9.17, 15) is 8.42 Å². The average molecular weight is 274 g/mol. The van der Waals surface area contributed by atoms with E-state index < -0.39 is 10.2 Å². The Balaban J connectivity index is 2.08. The summed E-state index contributed by atoms with van der Waals surface area (Å²) in [6, 6.07) is 0.246. The van der Waals surface area contributed by atoms with Gasteiger partial charge in [-0.15, -0.1) is 0 Å². The second-order valence-corrected chi connectivity index (χ2v) is 7.34. The number of rotatable bonds is 4. The van der Waals surface area contributed by atoms with Gasteiger partial charge in [-0.1, -0.05) is 32.6 Å². The van der Waals surface area contributed by atoms with E-state index in [1.54, 1.807) is 8.61 Å². The maximum atomic E-state index is 12.7.